The number of carbonyl (C=O) groups excluding carboxylic acids is 6. The van der Waals surface area contributed by atoms with Gasteiger partial charge in [0.05, 0.1) is 55.3 Å². The lowest BCUT2D eigenvalue weighted by atomic mass is 9.94. The summed E-state index contributed by atoms with van der Waals surface area (Å²) in [5.41, 5.74) is 30.9. The van der Waals surface area contributed by atoms with Gasteiger partial charge in [-0.1, -0.05) is 111 Å². The molecule has 68 heavy (non-hydrogen) atoms. The molecule has 5 rings (SSSR count). The molecule has 0 fully saturated rings. The van der Waals surface area contributed by atoms with E-state index in [1.165, 1.54) is 0 Å². The van der Waals surface area contributed by atoms with Gasteiger partial charge >= 0.3 is 0 Å². The van der Waals surface area contributed by atoms with E-state index in [0.717, 1.165) is 39.8 Å². The van der Waals surface area contributed by atoms with Crippen molar-refractivity contribution in [3.8, 4) is 5.75 Å². The Kier molecular flexibility index (Phi) is 21.1. The quantitative estimate of drug-likeness (QED) is 0.0168. The summed E-state index contributed by atoms with van der Waals surface area (Å²) in [6.07, 6.45) is 3.84. The molecule has 0 aromatic heterocycles. The van der Waals surface area contributed by atoms with Crippen molar-refractivity contribution in [3.05, 3.63) is 137 Å². The van der Waals surface area contributed by atoms with Gasteiger partial charge in [-0.2, -0.15) is 0 Å². The molecule has 4 aromatic rings. The summed E-state index contributed by atoms with van der Waals surface area (Å²) in [7, 11) is 0. The van der Waals surface area contributed by atoms with Crippen molar-refractivity contribution < 1.29 is 33.5 Å². The van der Waals surface area contributed by atoms with E-state index in [-0.39, 0.29) is 48.1 Å². The standard InChI is InChI=1S/C54H71N7O7/c1-34(2)27-47(50(64)32-58-35(3)48(62)31-49(63)44(56)28-37-15-7-5-8-16-37)60-61-52-42-20-12-11-19-39(42)22-23-40-30-41(24-25-43(40)52)68-33-51(65)54(67)46(21-13-14-26-55)59-36(4)53(66)45(57)29-38-17-9-6-10-18-38/h5-12,15-20,24-25,30,34-36,44-47,52,58-61H,13-14,21-23,26-29,31-33,55-57H2,1-4H3/t35-,36?,44-,45-,46-,47-,52?/m0/s1. The van der Waals surface area contributed by atoms with Gasteiger partial charge in [0.15, 0.2) is 29.7 Å². The number of unbranched alkanes of at least 4 members (excludes halogenated alkanes) is 1. The Morgan fingerprint density at radius 1 is 0.676 bits per heavy atom. The summed E-state index contributed by atoms with van der Waals surface area (Å²) >= 11 is 0. The number of fused-ring (bicyclic) bond motifs is 2. The maximum Gasteiger partial charge on any atom is 0.237 e. The topological polar surface area (TPSA) is 238 Å². The predicted octanol–water partition coefficient (Wildman–Crippen LogP) is 4.16. The van der Waals surface area contributed by atoms with E-state index in [1.807, 2.05) is 98.8 Å². The maximum absolute atomic E-state index is 13.8. The first-order valence-corrected chi connectivity index (χ1v) is 24.0. The van der Waals surface area contributed by atoms with Crippen LogP contribution in [0.2, 0.25) is 0 Å². The summed E-state index contributed by atoms with van der Waals surface area (Å²) in [5, 5.41) is 6.13. The van der Waals surface area contributed by atoms with Crippen molar-refractivity contribution >= 4 is 34.7 Å². The second-order valence-electron chi connectivity index (χ2n) is 18.4. The lowest BCUT2D eigenvalue weighted by Gasteiger charge is -2.27. The largest absolute Gasteiger partial charge is 0.485 e. The first-order chi connectivity index (χ1) is 32.6. The SMILES string of the molecule is CC(C)C[C@H](NNC1c2ccccc2CCc2cc(OCC(=O)C(=O)[C@H](CCCCN)NC(C)C(=O)[C@@H](N)Cc3ccccc3)ccc21)C(=O)CN[C@@H](C)C(=O)CC(=O)[C@@H](N)Cc1ccccc1. The van der Waals surface area contributed by atoms with E-state index >= 15 is 0 Å². The fourth-order valence-corrected chi connectivity index (χ4v) is 8.53. The zero-order chi connectivity index (χ0) is 49.2. The third-order valence-corrected chi connectivity index (χ3v) is 12.5. The van der Waals surface area contributed by atoms with Crippen molar-refractivity contribution in [3.63, 3.8) is 0 Å². The van der Waals surface area contributed by atoms with Crippen molar-refractivity contribution in [1.29, 1.82) is 0 Å². The Hall–Kier alpha value is -5.58. The smallest absolute Gasteiger partial charge is 0.237 e. The third-order valence-electron chi connectivity index (χ3n) is 12.5. The van der Waals surface area contributed by atoms with E-state index in [9.17, 15) is 28.8 Å². The fraction of sp³-hybridized carbons (Fsp3) is 0.444. The van der Waals surface area contributed by atoms with Gasteiger partial charge in [-0.05, 0) is 117 Å². The second kappa shape index (κ2) is 26.8. The fourth-order valence-electron chi connectivity index (χ4n) is 8.53. The van der Waals surface area contributed by atoms with E-state index < -0.39 is 54.4 Å². The number of hydrogen-bond acceptors (Lipinski definition) is 14. The molecule has 2 unspecified atom stereocenters. The molecule has 14 heteroatoms. The van der Waals surface area contributed by atoms with Crippen LogP contribution in [-0.2, 0) is 54.5 Å². The Bertz CT molecular complexity index is 2310. The summed E-state index contributed by atoms with van der Waals surface area (Å²) in [5.74, 6) is -1.89. The number of nitrogens with two attached hydrogens (primary N) is 3. The minimum atomic E-state index is -0.913. The van der Waals surface area contributed by atoms with E-state index in [2.05, 4.69) is 33.6 Å². The lowest BCUT2D eigenvalue weighted by Crippen LogP contribution is -2.52. The molecule has 0 aliphatic heterocycles. The molecule has 10 N–H and O–H groups in total. The highest BCUT2D eigenvalue weighted by Gasteiger charge is 2.31. The zero-order valence-electron chi connectivity index (χ0n) is 40.0. The maximum atomic E-state index is 13.8. The predicted molar refractivity (Wildman–Crippen MR) is 265 cm³/mol. The van der Waals surface area contributed by atoms with Gasteiger partial charge in [0, 0.05) is 0 Å². The molecule has 7 atom stereocenters. The number of rotatable bonds is 30. The van der Waals surface area contributed by atoms with Crippen LogP contribution < -0.4 is 43.4 Å². The summed E-state index contributed by atoms with van der Waals surface area (Å²) in [6, 6.07) is 27.6. The first-order valence-electron chi connectivity index (χ1n) is 24.0. The molecule has 0 radical (unpaired) electrons. The number of carbonyl (C=O) groups is 6. The number of ether oxygens (including phenoxy) is 1. The van der Waals surface area contributed by atoms with Gasteiger partial charge in [0.2, 0.25) is 11.6 Å². The van der Waals surface area contributed by atoms with E-state index in [0.29, 0.717) is 57.2 Å². The zero-order valence-corrected chi connectivity index (χ0v) is 40.0. The molecular formula is C54H71N7O7. The van der Waals surface area contributed by atoms with Gasteiger partial charge in [0.1, 0.15) is 5.75 Å². The Labute approximate surface area is 401 Å². The normalized spacial score (nSPS) is 16.0. The summed E-state index contributed by atoms with van der Waals surface area (Å²) in [6.45, 7) is 7.23. The molecule has 4 aromatic carbocycles. The Morgan fingerprint density at radius 2 is 1.29 bits per heavy atom. The van der Waals surface area contributed by atoms with Crippen molar-refractivity contribution in [2.75, 3.05) is 19.7 Å². The van der Waals surface area contributed by atoms with Gasteiger partial charge in [-0.15, -0.1) is 0 Å². The highest BCUT2D eigenvalue weighted by molar-refractivity contribution is 6.39. The van der Waals surface area contributed by atoms with Crippen LogP contribution in [0.5, 0.6) is 5.75 Å². The molecule has 0 saturated carbocycles. The van der Waals surface area contributed by atoms with Crippen molar-refractivity contribution in [2.24, 2.45) is 23.1 Å². The average molecular weight is 930 g/mol. The minimum absolute atomic E-state index is 0.0897. The van der Waals surface area contributed by atoms with Gasteiger partial charge in [-0.3, -0.25) is 34.1 Å². The summed E-state index contributed by atoms with van der Waals surface area (Å²) < 4.78 is 5.99. The number of benzene rings is 4. The van der Waals surface area contributed by atoms with Gasteiger partial charge in [-0.25, -0.2) is 10.9 Å². The van der Waals surface area contributed by atoms with Crippen molar-refractivity contribution in [2.45, 2.75) is 128 Å². The number of ketones is 6. The first kappa shape index (κ1) is 53.4. The van der Waals surface area contributed by atoms with E-state index in [4.69, 9.17) is 21.9 Å². The molecule has 1 aliphatic carbocycles. The van der Waals surface area contributed by atoms with Crippen LogP contribution in [-0.4, -0.2) is 90.6 Å². The molecule has 14 nitrogen and oxygen atoms in total. The van der Waals surface area contributed by atoms with Gasteiger partial charge in [0.25, 0.3) is 0 Å². The van der Waals surface area contributed by atoms with Crippen LogP contribution >= 0.6 is 0 Å². The Morgan fingerprint density at radius 3 is 1.96 bits per heavy atom. The molecule has 0 heterocycles. The summed E-state index contributed by atoms with van der Waals surface area (Å²) in [4.78, 5) is 80.0. The van der Waals surface area contributed by atoms with Gasteiger partial charge < -0.3 is 27.3 Å². The van der Waals surface area contributed by atoms with Crippen LogP contribution in [0.1, 0.15) is 99.2 Å². The average Bonchev–Trinajstić information content (AvgIpc) is 3.49. The number of aryl methyl sites for hydroxylation is 2. The van der Waals surface area contributed by atoms with Crippen LogP contribution in [0.3, 0.4) is 0 Å². The molecular weight excluding hydrogens is 859 g/mol. The molecule has 0 saturated heterocycles. The molecule has 364 valence electrons. The minimum Gasteiger partial charge on any atom is -0.485 e. The molecule has 0 bridgehead atoms. The monoisotopic (exact) mass is 930 g/mol. The lowest BCUT2D eigenvalue weighted by molar-refractivity contribution is -0.139. The number of Topliss-reactive ketones (excluding diaryl/α,β-unsaturated/α-hetero) is 6. The van der Waals surface area contributed by atoms with E-state index in [1.54, 1.807) is 19.9 Å². The highest BCUT2D eigenvalue weighted by Crippen LogP contribution is 2.34. The van der Waals surface area contributed by atoms with Crippen LogP contribution in [0.25, 0.3) is 0 Å². The second-order valence-corrected chi connectivity index (χ2v) is 18.4. The van der Waals surface area contributed by atoms with Crippen LogP contribution in [0.15, 0.2) is 103 Å². The molecule has 1 aliphatic rings. The number of nitrogens with one attached hydrogen (secondary N) is 4. The molecule has 0 amide bonds. The van der Waals surface area contributed by atoms with Crippen molar-refractivity contribution in [1.82, 2.24) is 21.5 Å². The van der Waals surface area contributed by atoms with Crippen LogP contribution in [0, 0.1) is 5.92 Å². The molecule has 0 spiro atoms. The third kappa shape index (κ3) is 16.0. The Balaban J connectivity index is 1.21. The number of hydrogen-bond donors (Lipinski definition) is 7. The van der Waals surface area contributed by atoms with Crippen LogP contribution in [0.4, 0.5) is 0 Å². The highest BCUT2D eigenvalue weighted by atomic mass is 16.5. The number of hydrazine groups is 1.